The van der Waals surface area contributed by atoms with Gasteiger partial charge in [0.05, 0.1) is 17.1 Å². The highest BCUT2D eigenvalue weighted by Gasteiger charge is 2.38. The second-order valence-corrected chi connectivity index (χ2v) is 12.5. The van der Waals surface area contributed by atoms with Crippen LogP contribution in [0.5, 0.6) is 0 Å². The van der Waals surface area contributed by atoms with Crippen LogP contribution in [0.1, 0.15) is 25.0 Å². The molecule has 1 aliphatic rings. The first-order valence-corrected chi connectivity index (χ1v) is 15.6. The molecule has 0 amide bonds. The number of rotatable bonds is 4. The van der Waals surface area contributed by atoms with Gasteiger partial charge >= 0.3 is 0 Å². The van der Waals surface area contributed by atoms with Crippen LogP contribution in [0.4, 0.5) is 17.1 Å². The van der Waals surface area contributed by atoms with Gasteiger partial charge < -0.3 is 9.32 Å². The maximum atomic E-state index is 6.35. The minimum Gasteiger partial charge on any atom is -0.456 e. The van der Waals surface area contributed by atoms with Gasteiger partial charge in [0.2, 0.25) is 0 Å². The Kier molecular flexibility index (Phi) is 5.58. The average Bonchev–Trinajstić information content (AvgIpc) is 3.58. The van der Waals surface area contributed by atoms with Crippen LogP contribution < -0.4 is 4.90 Å². The molecule has 9 rings (SSSR count). The molecule has 0 atom stereocenters. The van der Waals surface area contributed by atoms with Crippen molar-refractivity contribution < 1.29 is 4.42 Å². The van der Waals surface area contributed by atoms with E-state index in [9.17, 15) is 0 Å². The van der Waals surface area contributed by atoms with E-state index in [1.807, 2.05) is 6.07 Å². The number of fused-ring (bicyclic) bond motifs is 7. The fourth-order valence-electron chi connectivity index (χ4n) is 7.61. The lowest BCUT2D eigenvalue weighted by molar-refractivity contribution is 0.660. The lowest BCUT2D eigenvalue weighted by atomic mass is 9.82. The molecule has 0 radical (unpaired) electrons. The summed E-state index contributed by atoms with van der Waals surface area (Å²) in [6, 6.07) is 54.7. The summed E-state index contributed by atoms with van der Waals surface area (Å²) in [5, 5.41) is 4.70. The lowest BCUT2D eigenvalue weighted by Crippen LogP contribution is -2.16. The summed E-state index contributed by atoms with van der Waals surface area (Å²) in [6.07, 6.45) is 0. The Morgan fingerprint density at radius 2 is 1.02 bits per heavy atom. The van der Waals surface area contributed by atoms with Crippen LogP contribution in [-0.4, -0.2) is 0 Å². The Morgan fingerprint density at radius 1 is 0.444 bits per heavy atom. The summed E-state index contributed by atoms with van der Waals surface area (Å²) in [4.78, 5) is 2.50. The zero-order valence-electron chi connectivity index (χ0n) is 25.3. The van der Waals surface area contributed by atoms with Crippen LogP contribution in [0.15, 0.2) is 156 Å². The summed E-state index contributed by atoms with van der Waals surface area (Å²) in [5.74, 6) is 0. The molecule has 0 saturated carbocycles. The number of furan rings is 1. The first-order valence-electron chi connectivity index (χ1n) is 15.6. The maximum Gasteiger partial charge on any atom is 0.136 e. The van der Waals surface area contributed by atoms with Gasteiger partial charge in [0.1, 0.15) is 11.2 Å². The summed E-state index contributed by atoms with van der Waals surface area (Å²) in [6.45, 7) is 4.70. The van der Waals surface area contributed by atoms with Gasteiger partial charge in [-0.2, -0.15) is 0 Å². The van der Waals surface area contributed by atoms with E-state index in [1.54, 1.807) is 0 Å². The van der Waals surface area contributed by atoms with E-state index in [2.05, 4.69) is 164 Å². The van der Waals surface area contributed by atoms with Crippen LogP contribution >= 0.6 is 0 Å². The minimum absolute atomic E-state index is 0.104. The highest BCUT2D eigenvalue weighted by atomic mass is 16.3. The van der Waals surface area contributed by atoms with Gasteiger partial charge in [-0.1, -0.05) is 135 Å². The maximum absolute atomic E-state index is 6.35. The van der Waals surface area contributed by atoms with E-state index < -0.39 is 0 Å². The molecule has 214 valence electrons. The molecule has 45 heavy (non-hydrogen) atoms. The Morgan fingerprint density at radius 3 is 1.93 bits per heavy atom. The number of nitrogens with zero attached hydrogens (tertiary/aromatic N) is 1. The summed E-state index contributed by atoms with van der Waals surface area (Å²) < 4.78 is 6.35. The van der Waals surface area contributed by atoms with Crippen molar-refractivity contribution in [3.05, 3.63) is 163 Å². The number of benzene rings is 7. The Labute approximate surface area is 262 Å². The van der Waals surface area contributed by atoms with E-state index in [-0.39, 0.29) is 5.41 Å². The van der Waals surface area contributed by atoms with Gasteiger partial charge in [0, 0.05) is 32.7 Å². The van der Waals surface area contributed by atoms with Crippen LogP contribution in [0.3, 0.4) is 0 Å². The van der Waals surface area contributed by atoms with Gasteiger partial charge in [-0.25, -0.2) is 0 Å². The smallest absolute Gasteiger partial charge is 0.136 e. The van der Waals surface area contributed by atoms with Crippen LogP contribution in [0.2, 0.25) is 0 Å². The second-order valence-electron chi connectivity index (χ2n) is 12.5. The molecule has 2 nitrogen and oxygen atoms in total. The van der Waals surface area contributed by atoms with Gasteiger partial charge in [-0.15, -0.1) is 0 Å². The van der Waals surface area contributed by atoms with Crippen molar-refractivity contribution in [2.24, 2.45) is 0 Å². The van der Waals surface area contributed by atoms with Gasteiger partial charge in [0.15, 0.2) is 0 Å². The van der Waals surface area contributed by atoms with Crippen molar-refractivity contribution >= 4 is 49.8 Å². The molecule has 2 heteroatoms. The van der Waals surface area contributed by atoms with E-state index in [4.69, 9.17) is 4.42 Å². The first-order chi connectivity index (χ1) is 22.1. The van der Waals surface area contributed by atoms with Gasteiger partial charge in [-0.3, -0.25) is 0 Å². The van der Waals surface area contributed by atoms with Gasteiger partial charge in [0.25, 0.3) is 0 Å². The van der Waals surface area contributed by atoms with Crippen molar-refractivity contribution in [1.29, 1.82) is 0 Å². The third-order valence-electron chi connectivity index (χ3n) is 9.67. The van der Waals surface area contributed by atoms with Crippen LogP contribution in [-0.2, 0) is 5.41 Å². The predicted molar refractivity (Wildman–Crippen MR) is 189 cm³/mol. The average molecular weight is 578 g/mol. The van der Waals surface area contributed by atoms with Crippen LogP contribution in [0.25, 0.3) is 55.0 Å². The largest absolute Gasteiger partial charge is 0.456 e. The zero-order valence-corrected chi connectivity index (χ0v) is 25.3. The molecule has 0 fully saturated rings. The molecule has 1 aromatic heterocycles. The minimum atomic E-state index is -0.104. The molecular formula is C43H31NO. The Balaban J connectivity index is 1.40. The molecular weight excluding hydrogens is 546 g/mol. The first kappa shape index (κ1) is 25.9. The molecule has 1 heterocycles. The molecule has 0 N–H and O–H groups in total. The van der Waals surface area contributed by atoms with Gasteiger partial charge in [-0.05, 0) is 58.0 Å². The van der Waals surface area contributed by atoms with E-state index in [1.165, 1.54) is 38.7 Å². The van der Waals surface area contributed by atoms with Crippen molar-refractivity contribution in [2.45, 2.75) is 19.3 Å². The van der Waals surface area contributed by atoms with Crippen molar-refractivity contribution in [3.63, 3.8) is 0 Å². The zero-order chi connectivity index (χ0) is 30.1. The molecule has 0 unspecified atom stereocenters. The standard InChI is InChI=1S/C43H31NO/c1-43(2)34-21-8-5-18-32(34)42-35(43)22-13-25-38(42)44(36-24-11-15-28-14-3-4-16-29(28)36)37-23-9-6-17-30(37)31-20-12-27-40-41(31)33-19-7-10-26-39(33)45-40/h3-27H,1-2H3. The molecule has 1 aliphatic carbocycles. The quantitative estimate of drug-likeness (QED) is 0.207. The lowest BCUT2D eigenvalue weighted by Gasteiger charge is -2.31. The Bertz CT molecular complexity index is 2420. The summed E-state index contributed by atoms with van der Waals surface area (Å²) in [7, 11) is 0. The van der Waals surface area contributed by atoms with Crippen molar-refractivity contribution in [3.8, 4) is 22.3 Å². The van der Waals surface area contributed by atoms with E-state index >= 15 is 0 Å². The monoisotopic (exact) mass is 577 g/mol. The van der Waals surface area contributed by atoms with E-state index in [0.717, 1.165) is 44.4 Å². The van der Waals surface area contributed by atoms with E-state index in [0.29, 0.717) is 0 Å². The number of anilines is 3. The molecule has 0 bridgehead atoms. The fourth-order valence-corrected chi connectivity index (χ4v) is 7.61. The fraction of sp³-hybridized carbons (Fsp3) is 0.0698. The topological polar surface area (TPSA) is 16.4 Å². The second kappa shape index (κ2) is 9.70. The van der Waals surface area contributed by atoms with Crippen molar-refractivity contribution in [2.75, 3.05) is 4.90 Å². The molecule has 7 aromatic carbocycles. The third-order valence-corrected chi connectivity index (χ3v) is 9.67. The molecule has 0 aliphatic heterocycles. The SMILES string of the molecule is CC1(C)c2ccccc2-c2c(N(c3ccccc3-c3cccc4oc5ccccc5c34)c3cccc4ccccc34)cccc21. The van der Waals surface area contributed by atoms with Crippen LogP contribution in [0, 0.1) is 0 Å². The predicted octanol–water partition coefficient (Wildman–Crippen LogP) is 12.2. The van der Waals surface area contributed by atoms with Crippen molar-refractivity contribution in [1.82, 2.24) is 0 Å². The highest BCUT2D eigenvalue weighted by molar-refractivity contribution is 6.14. The molecule has 0 spiro atoms. The number of para-hydroxylation sites is 2. The highest BCUT2D eigenvalue weighted by Crippen LogP contribution is 2.55. The Hall–Kier alpha value is -5.60. The number of hydrogen-bond acceptors (Lipinski definition) is 2. The summed E-state index contributed by atoms with van der Waals surface area (Å²) in [5.41, 5.74) is 12.8. The normalized spacial score (nSPS) is 13.3. The summed E-state index contributed by atoms with van der Waals surface area (Å²) >= 11 is 0. The molecule has 0 saturated heterocycles. The third kappa shape index (κ3) is 3.76. The number of hydrogen-bond donors (Lipinski definition) is 0. The molecule has 8 aromatic rings.